The van der Waals surface area contributed by atoms with E-state index in [-0.39, 0.29) is 18.0 Å². The maximum absolute atomic E-state index is 13.4. The number of carbonyl (C=O) groups excluding carboxylic acids is 1. The molecule has 0 radical (unpaired) electrons. The van der Waals surface area contributed by atoms with Gasteiger partial charge in [0.1, 0.15) is 5.78 Å². The molecule has 0 N–H and O–H groups in total. The highest BCUT2D eigenvalue weighted by Crippen LogP contribution is 2.20. The van der Waals surface area contributed by atoms with Crippen molar-refractivity contribution in [2.45, 2.75) is 13.3 Å². The van der Waals surface area contributed by atoms with Crippen molar-refractivity contribution in [3.63, 3.8) is 0 Å². The van der Waals surface area contributed by atoms with Crippen molar-refractivity contribution in [2.24, 2.45) is 0 Å². The molecule has 0 unspecified atom stereocenters. The third-order valence-electron chi connectivity index (χ3n) is 1.70. The van der Waals surface area contributed by atoms with Crippen molar-refractivity contribution in [1.29, 1.82) is 0 Å². The molecule has 0 aliphatic carbocycles. The minimum Gasteiger partial charge on any atom is -0.494 e. The summed E-state index contributed by atoms with van der Waals surface area (Å²) in [5.41, 5.74) is 0.381. The van der Waals surface area contributed by atoms with E-state index >= 15 is 0 Å². The summed E-state index contributed by atoms with van der Waals surface area (Å²) in [6.07, 6.45) is 0.114. The molecule has 0 atom stereocenters. The van der Waals surface area contributed by atoms with Crippen molar-refractivity contribution in [3.8, 4) is 5.75 Å². The summed E-state index contributed by atoms with van der Waals surface area (Å²) in [6.45, 7) is 1.43. The van der Waals surface area contributed by atoms with E-state index in [1.807, 2.05) is 0 Å². The number of rotatable bonds is 3. The van der Waals surface area contributed by atoms with E-state index < -0.39 is 5.82 Å². The van der Waals surface area contributed by atoms with Gasteiger partial charge in [-0.3, -0.25) is 4.79 Å². The van der Waals surface area contributed by atoms with E-state index in [0.29, 0.717) is 5.56 Å². The van der Waals surface area contributed by atoms with Crippen LogP contribution in [0.4, 0.5) is 4.39 Å². The maximum atomic E-state index is 13.4. The first-order valence-electron chi connectivity index (χ1n) is 3.96. The zero-order valence-corrected chi connectivity index (χ0v) is 7.63. The van der Waals surface area contributed by atoms with Gasteiger partial charge in [0.15, 0.2) is 11.6 Å². The van der Waals surface area contributed by atoms with E-state index in [2.05, 4.69) is 0 Å². The Hall–Kier alpha value is -1.38. The minimum atomic E-state index is -0.444. The van der Waals surface area contributed by atoms with Crippen molar-refractivity contribution in [1.82, 2.24) is 0 Å². The van der Waals surface area contributed by atoms with Gasteiger partial charge in [-0.25, -0.2) is 4.39 Å². The summed E-state index contributed by atoms with van der Waals surface area (Å²) in [7, 11) is 1.40. The fourth-order valence-corrected chi connectivity index (χ4v) is 1.12. The summed E-state index contributed by atoms with van der Waals surface area (Å²) in [5, 5.41) is 0. The Balaban J connectivity index is 3.01. The van der Waals surface area contributed by atoms with E-state index in [0.717, 1.165) is 0 Å². The Morgan fingerprint density at radius 1 is 1.54 bits per heavy atom. The first-order valence-corrected chi connectivity index (χ1v) is 3.96. The van der Waals surface area contributed by atoms with Crippen LogP contribution in [-0.4, -0.2) is 12.9 Å². The molecule has 0 amide bonds. The van der Waals surface area contributed by atoms with Crippen molar-refractivity contribution in [2.75, 3.05) is 7.11 Å². The third-order valence-corrected chi connectivity index (χ3v) is 1.70. The number of ketones is 1. The summed E-state index contributed by atoms with van der Waals surface area (Å²) in [4.78, 5) is 10.8. The number of halogens is 1. The number of ether oxygens (including phenoxy) is 1. The predicted octanol–water partition coefficient (Wildman–Crippen LogP) is 1.97. The lowest BCUT2D eigenvalue weighted by molar-refractivity contribution is -0.116. The molecule has 3 heteroatoms. The van der Waals surface area contributed by atoms with Gasteiger partial charge < -0.3 is 4.74 Å². The molecule has 1 aromatic carbocycles. The Morgan fingerprint density at radius 3 is 2.77 bits per heavy atom. The Kier molecular flexibility index (Phi) is 3.01. The molecule has 0 saturated carbocycles. The highest BCUT2D eigenvalue weighted by atomic mass is 19.1. The predicted molar refractivity (Wildman–Crippen MR) is 47.3 cm³/mol. The molecule has 0 bridgehead atoms. The second-order valence-electron chi connectivity index (χ2n) is 2.81. The largest absolute Gasteiger partial charge is 0.494 e. The van der Waals surface area contributed by atoms with Crippen molar-refractivity contribution in [3.05, 3.63) is 29.6 Å². The lowest BCUT2D eigenvalue weighted by Gasteiger charge is -2.05. The van der Waals surface area contributed by atoms with Crippen LogP contribution in [0.25, 0.3) is 0 Å². The normalized spacial score (nSPS) is 9.77. The first-order chi connectivity index (χ1) is 6.15. The molecule has 0 saturated heterocycles. The molecule has 70 valence electrons. The highest BCUT2D eigenvalue weighted by Gasteiger charge is 2.09. The van der Waals surface area contributed by atoms with Gasteiger partial charge in [0.25, 0.3) is 0 Å². The van der Waals surface area contributed by atoms with Crippen LogP contribution in [-0.2, 0) is 11.2 Å². The number of carbonyl (C=O) groups is 1. The molecule has 1 aromatic rings. The van der Waals surface area contributed by atoms with Gasteiger partial charge in [0.2, 0.25) is 0 Å². The minimum absolute atomic E-state index is 0.0628. The van der Waals surface area contributed by atoms with E-state index in [1.165, 1.54) is 20.1 Å². The van der Waals surface area contributed by atoms with Crippen LogP contribution in [0.5, 0.6) is 5.75 Å². The number of hydrogen-bond acceptors (Lipinski definition) is 2. The zero-order valence-electron chi connectivity index (χ0n) is 7.63. The van der Waals surface area contributed by atoms with Crippen LogP contribution >= 0.6 is 0 Å². The summed E-state index contributed by atoms with van der Waals surface area (Å²) in [6, 6.07) is 4.78. The third kappa shape index (κ3) is 2.28. The Labute approximate surface area is 76.3 Å². The number of benzene rings is 1. The fraction of sp³-hybridized carbons (Fsp3) is 0.300. The van der Waals surface area contributed by atoms with Gasteiger partial charge in [0.05, 0.1) is 7.11 Å². The molecular formula is C10H11FO2. The van der Waals surface area contributed by atoms with Gasteiger partial charge in [-0.1, -0.05) is 12.1 Å². The number of methoxy groups -OCH3 is 1. The van der Waals surface area contributed by atoms with Crippen molar-refractivity contribution >= 4 is 5.78 Å². The SMILES string of the molecule is COc1cccc(CC(C)=O)c1F. The van der Waals surface area contributed by atoms with Gasteiger partial charge in [-0.15, -0.1) is 0 Å². The van der Waals surface area contributed by atoms with Crippen LogP contribution < -0.4 is 4.74 Å². The summed E-state index contributed by atoms with van der Waals surface area (Å²) < 4.78 is 18.1. The summed E-state index contributed by atoms with van der Waals surface area (Å²) >= 11 is 0. The fourth-order valence-electron chi connectivity index (χ4n) is 1.12. The lowest BCUT2D eigenvalue weighted by atomic mass is 10.1. The average Bonchev–Trinajstić information content (AvgIpc) is 2.08. The van der Waals surface area contributed by atoms with Gasteiger partial charge >= 0.3 is 0 Å². The number of hydrogen-bond donors (Lipinski definition) is 0. The van der Waals surface area contributed by atoms with Crippen molar-refractivity contribution < 1.29 is 13.9 Å². The molecule has 0 fully saturated rings. The Bertz CT molecular complexity index is 321. The second kappa shape index (κ2) is 4.03. The monoisotopic (exact) mass is 182 g/mol. The molecule has 13 heavy (non-hydrogen) atoms. The smallest absolute Gasteiger partial charge is 0.168 e. The lowest BCUT2D eigenvalue weighted by Crippen LogP contribution is -2.00. The second-order valence-corrected chi connectivity index (χ2v) is 2.81. The number of Topliss-reactive ketones (excluding diaryl/α,β-unsaturated/α-hetero) is 1. The maximum Gasteiger partial charge on any atom is 0.168 e. The highest BCUT2D eigenvalue weighted by molar-refractivity contribution is 5.78. The van der Waals surface area contributed by atoms with Crippen LogP contribution in [0, 0.1) is 5.82 Å². The molecular weight excluding hydrogens is 171 g/mol. The molecule has 0 spiro atoms. The molecule has 0 aliphatic rings. The molecule has 1 rings (SSSR count). The molecule has 2 nitrogen and oxygen atoms in total. The zero-order chi connectivity index (χ0) is 9.84. The first kappa shape index (κ1) is 9.71. The average molecular weight is 182 g/mol. The van der Waals surface area contributed by atoms with Gasteiger partial charge in [-0.2, -0.15) is 0 Å². The molecule has 0 aliphatic heterocycles. The van der Waals surface area contributed by atoms with E-state index in [9.17, 15) is 9.18 Å². The summed E-state index contributed by atoms with van der Waals surface area (Å²) in [5.74, 6) is -0.328. The van der Waals surface area contributed by atoms with E-state index in [1.54, 1.807) is 12.1 Å². The van der Waals surface area contributed by atoms with Crippen LogP contribution in [0.1, 0.15) is 12.5 Å². The standard InChI is InChI=1S/C10H11FO2/c1-7(12)6-8-4-3-5-9(13-2)10(8)11/h3-5H,6H2,1-2H3. The molecule has 0 aromatic heterocycles. The molecule has 0 heterocycles. The van der Waals surface area contributed by atoms with Gasteiger partial charge in [0, 0.05) is 6.42 Å². The van der Waals surface area contributed by atoms with E-state index in [4.69, 9.17) is 4.74 Å². The van der Waals surface area contributed by atoms with Crippen LogP contribution in [0.2, 0.25) is 0 Å². The van der Waals surface area contributed by atoms with Crippen LogP contribution in [0.3, 0.4) is 0 Å². The quantitative estimate of drug-likeness (QED) is 0.714. The topological polar surface area (TPSA) is 26.3 Å². The Morgan fingerprint density at radius 2 is 2.23 bits per heavy atom. The van der Waals surface area contributed by atoms with Crippen LogP contribution in [0.15, 0.2) is 18.2 Å². The van der Waals surface area contributed by atoms with Gasteiger partial charge in [-0.05, 0) is 18.6 Å².